The Morgan fingerprint density at radius 3 is 2.43 bits per heavy atom. The molecule has 0 bridgehead atoms. The number of nitrogens with zero attached hydrogens (tertiary/aromatic N) is 1. The Labute approximate surface area is 142 Å². The van der Waals surface area contributed by atoms with Gasteiger partial charge in [0.05, 0.1) is 14.2 Å². The molecule has 0 atom stereocenters. The van der Waals surface area contributed by atoms with Gasteiger partial charge in [0.25, 0.3) is 0 Å². The largest absolute Gasteiger partial charge is 0.496 e. The van der Waals surface area contributed by atoms with Gasteiger partial charge in [0.2, 0.25) is 0 Å². The first kappa shape index (κ1) is 17.0. The first-order valence-electron chi connectivity index (χ1n) is 7.32. The van der Waals surface area contributed by atoms with E-state index in [2.05, 4.69) is 15.6 Å². The number of thiocarbonyl (C=S) groups is 1. The summed E-state index contributed by atoms with van der Waals surface area (Å²) in [7, 11) is 3.31. The van der Waals surface area contributed by atoms with Crippen LogP contribution in [0.15, 0.2) is 36.5 Å². The molecule has 1 aromatic heterocycles. The van der Waals surface area contributed by atoms with Crippen molar-refractivity contribution in [3.63, 3.8) is 0 Å². The number of methoxy groups -OCH3 is 2. The molecule has 122 valence electrons. The zero-order valence-electron chi connectivity index (χ0n) is 13.6. The van der Waals surface area contributed by atoms with Crippen LogP contribution < -0.4 is 20.1 Å². The molecule has 0 unspecified atom stereocenters. The molecule has 0 aliphatic rings. The van der Waals surface area contributed by atoms with Gasteiger partial charge in [0.15, 0.2) is 5.11 Å². The molecule has 0 amide bonds. The summed E-state index contributed by atoms with van der Waals surface area (Å²) in [6.45, 7) is 2.64. The zero-order chi connectivity index (χ0) is 16.7. The van der Waals surface area contributed by atoms with Crippen LogP contribution in [0.25, 0.3) is 0 Å². The summed E-state index contributed by atoms with van der Waals surface area (Å²) >= 11 is 5.31. The Kier molecular flexibility index (Phi) is 6.17. The zero-order valence-corrected chi connectivity index (χ0v) is 14.4. The Morgan fingerprint density at radius 1 is 1.13 bits per heavy atom. The van der Waals surface area contributed by atoms with E-state index in [-0.39, 0.29) is 0 Å². The Bertz CT molecular complexity index is 654. The van der Waals surface area contributed by atoms with Gasteiger partial charge in [0, 0.05) is 18.3 Å². The molecule has 5 nitrogen and oxygen atoms in total. The number of hydrogen-bond donors (Lipinski definition) is 2. The molecule has 0 fully saturated rings. The van der Waals surface area contributed by atoms with Crippen molar-refractivity contribution < 1.29 is 9.47 Å². The molecule has 0 saturated heterocycles. The fourth-order valence-electron chi connectivity index (χ4n) is 2.24. The van der Waals surface area contributed by atoms with Crippen LogP contribution in [-0.2, 0) is 6.42 Å². The van der Waals surface area contributed by atoms with Crippen LogP contribution in [0.3, 0.4) is 0 Å². The summed E-state index contributed by atoms with van der Waals surface area (Å²) in [4.78, 5) is 4.26. The summed E-state index contributed by atoms with van der Waals surface area (Å²) in [5.41, 5.74) is 2.06. The fraction of sp³-hybridized carbons (Fsp3) is 0.294. The standard InChI is InChI=1S/C17H21N3O2S/c1-12-6-5-10-18-16(12)20-17(23)19-11-9-13-14(21-2)7-4-8-15(13)22-3/h4-8,10H,9,11H2,1-3H3,(H2,18,19,20,23). The quantitative estimate of drug-likeness (QED) is 0.794. The SMILES string of the molecule is COc1cccc(OC)c1CCNC(=S)Nc1ncccc1C. The first-order chi connectivity index (χ1) is 11.2. The van der Waals surface area contributed by atoms with Crippen molar-refractivity contribution in [2.45, 2.75) is 13.3 Å². The lowest BCUT2D eigenvalue weighted by Gasteiger charge is -2.15. The third kappa shape index (κ3) is 4.56. The molecule has 23 heavy (non-hydrogen) atoms. The Morgan fingerprint density at radius 2 is 1.83 bits per heavy atom. The van der Waals surface area contributed by atoms with Crippen molar-refractivity contribution in [3.05, 3.63) is 47.7 Å². The summed E-state index contributed by atoms with van der Waals surface area (Å²) in [6.07, 6.45) is 2.47. The van der Waals surface area contributed by atoms with E-state index in [1.165, 1.54) is 0 Å². The van der Waals surface area contributed by atoms with Crippen molar-refractivity contribution in [1.29, 1.82) is 0 Å². The molecule has 1 heterocycles. The molecule has 0 radical (unpaired) electrons. The summed E-state index contributed by atoms with van der Waals surface area (Å²) in [6, 6.07) is 9.63. The van der Waals surface area contributed by atoms with Crippen LogP contribution in [0.1, 0.15) is 11.1 Å². The average Bonchev–Trinajstić information content (AvgIpc) is 2.57. The molecule has 1 aromatic carbocycles. The lowest BCUT2D eigenvalue weighted by Crippen LogP contribution is -2.30. The maximum absolute atomic E-state index is 5.39. The monoisotopic (exact) mass is 331 g/mol. The van der Waals surface area contributed by atoms with Gasteiger partial charge in [-0.15, -0.1) is 0 Å². The highest BCUT2D eigenvalue weighted by molar-refractivity contribution is 7.80. The number of anilines is 1. The minimum atomic E-state index is 0.542. The molecule has 2 rings (SSSR count). The van der Waals surface area contributed by atoms with Gasteiger partial charge in [-0.05, 0) is 49.3 Å². The number of aryl methyl sites for hydroxylation is 1. The number of hydrogen-bond acceptors (Lipinski definition) is 4. The van der Waals surface area contributed by atoms with Crippen LogP contribution in [0.2, 0.25) is 0 Å². The van der Waals surface area contributed by atoms with Gasteiger partial charge in [-0.25, -0.2) is 4.98 Å². The van der Waals surface area contributed by atoms with E-state index in [0.717, 1.165) is 34.9 Å². The molecule has 0 aliphatic heterocycles. The second-order valence-electron chi connectivity index (χ2n) is 4.94. The van der Waals surface area contributed by atoms with Crippen LogP contribution >= 0.6 is 12.2 Å². The first-order valence-corrected chi connectivity index (χ1v) is 7.73. The van der Waals surface area contributed by atoms with E-state index in [9.17, 15) is 0 Å². The van der Waals surface area contributed by atoms with Crippen LogP contribution in [0.5, 0.6) is 11.5 Å². The number of benzene rings is 1. The smallest absolute Gasteiger partial charge is 0.171 e. The van der Waals surface area contributed by atoms with Gasteiger partial charge in [-0.1, -0.05) is 12.1 Å². The van der Waals surface area contributed by atoms with Gasteiger partial charge >= 0.3 is 0 Å². The molecular formula is C17H21N3O2S. The highest BCUT2D eigenvalue weighted by Gasteiger charge is 2.09. The van der Waals surface area contributed by atoms with E-state index in [0.29, 0.717) is 11.7 Å². The molecule has 6 heteroatoms. The predicted octanol–water partition coefficient (Wildman–Crippen LogP) is 2.94. The van der Waals surface area contributed by atoms with Crippen molar-refractivity contribution in [2.75, 3.05) is 26.1 Å². The number of rotatable bonds is 6. The molecule has 0 saturated carbocycles. The van der Waals surface area contributed by atoms with Crippen LogP contribution in [0.4, 0.5) is 5.82 Å². The minimum Gasteiger partial charge on any atom is -0.496 e. The number of ether oxygens (including phenoxy) is 2. The molecule has 2 aromatic rings. The van der Waals surface area contributed by atoms with Gasteiger partial charge in [-0.2, -0.15) is 0 Å². The normalized spacial score (nSPS) is 10.0. The van der Waals surface area contributed by atoms with Crippen molar-refractivity contribution >= 4 is 23.1 Å². The fourth-order valence-corrected chi connectivity index (χ4v) is 2.44. The second kappa shape index (κ2) is 8.33. The average molecular weight is 331 g/mol. The van der Waals surface area contributed by atoms with Gasteiger partial charge in [-0.3, -0.25) is 0 Å². The second-order valence-corrected chi connectivity index (χ2v) is 5.35. The molecule has 0 aliphatic carbocycles. The van der Waals surface area contributed by atoms with E-state index in [1.807, 2.05) is 37.3 Å². The Hall–Kier alpha value is -2.34. The highest BCUT2D eigenvalue weighted by Crippen LogP contribution is 2.28. The van der Waals surface area contributed by atoms with E-state index < -0.39 is 0 Å². The van der Waals surface area contributed by atoms with Gasteiger partial charge in [0.1, 0.15) is 17.3 Å². The van der Waals surface area contributed by atoms with Crippen molar-refractivity contribution in [2.24, 2.45) is 0 Å². The lowest BCUT2D eigenvalue weighted by molar-refractivity contribution is 0.385. The molecule has 2 N–H and O–H groups in total. The highest BCUT2D eigenvalue weighted by atomic mass is 32.1. The third-order valence-electron chi connectivity index (χ3n) is 3.43. The van der Waals surface area contributed by atoms with Crippen molar-refractivity contribution in [3.8, 4) is 11.5 Å². The van der Waals surface area contributed by atoms with E-state index in [4.69, 9.17) is 21.7 Å². The number of pyridine rings is 1. The summed E-state index contributed by atoms with van der Waals surface area (Å²) in [5.74, 6) is 2.39. The summed E-state index contributed by atoms with van der Waals surface area (Å²) in [5, 5.41) is 6.82. The number of nitrogens with one attached hydrogen (secondary N) is 2. The van der Waals surface area contributed by atoms with E-state index in [1.54, 1.807) is 20.4 Å². The maximum atomic E-state index is 5.39. The molecule has 0 spiro atoms. The van der Waals surface area contributed by atoms with Crippen LogP contribution in [-0.4, -0.2) is 30.9 Å². The van der Waals surface area contributed by atoms with Gasteiger partial charge < -0.3 is 20.1 Å². The molecular weight excluding hydrogens is 310 g/mol. The summed E-state index contributed by atoms with van der Waals surface area (Å²) < 4.78 is 10.8. The third-order valence-corrected chi connectivity index (χ3v) is 3.68. The van der Waals surface area contributed by atoms with E-state index >= 15 is 0 Å². The maximum Gasteiger partial charge on any atom is 0.171 e. The predicted molar refractivity (Wildman–Crippen MR) is 96.4 cm³/mol. The Balaban J connectivity index is 1.92. The topological polar surface area (TPSA) is 55.4 Å². The van der Waals surface area contributed by atoms with Crippen molar-refractivity contribution in [1.82, 2.24) is 10.3 Å². The van der Waals surface area contributed by atoms with Crippen LogP contribution in [0, 0.1) is 6.92 Å². The minimum absolute atomic E-state index is 0.542. The lowest BCUT2D eigenvalue weighted by atomic mass is 10.1. The number of aromatic nitrogens is 1.